The smallest absolute Gasteiger partial charge is 0.237 e. The van der Waals surface area contributed by atoms with Crippen molar-refractivity contribution in [3.63, 3.8) is 0 Å². The molecule has 2 rings (SSSR count). The van der Waals surface area contributed by atoms with Gasteiger partial charge in [0.15, 0.2) is 5.82 Å². The number of aromatic nitrogens is 3. The van der Waals surface area contributed by atoms with Crippen LogP contribution in [0.5, 0.6) is 0 Å². The number of alkyl halides is 4. The maximum Gasteiger partial charge on any atom is 0.426 e. The molecular weight excluding hydrogens is 250 g/mol. The zero-order chi connectivity index (χ0) is 13.4. The van der Waals surface area contributed by atoms with Gasteiger partial charge >= 0.3 is 6.18 Å². The van der Waals surface area contributed by atoms with E-state index in [0.717, 1.165) is 12.3 Å². The van der Waals surface area contributed by atoms with Crippen LogP contribution in [0, 0.1) is 0 Å². The second-order valence-corrected chi connectivity index (χ2v) is 3.86. The lowest BCUT2D eigenvalue weighted by Gasteiger charge is -2.23. The SMILES string of the molecule is CC(F)(c1ccc(-n2cccn2)nc1)C(F)(F)F. The van der Waals surface area contributed by atoms with Crippen LogP contribution in [0.2, 0.25) is 0 Å². The second kappa shape index (κ2) is 4.08. The number of hydrogen-bond donors (Lipinski definition) is 0. The van der Waals surface area contributed by atoms with Crippen molar-refractivity contribution in [1.29, 1.82) is 0 Å². The minimum atomic E-state index is -4.97. The first-order valence-corrected chi connectivity index (χ1v) is 5.04. The van der Waals surface area contributed by atoms with Crippen LogP contribution in [0.15, 0.2) is 36.8 Å². The average molecular weight is 259 g/mol. The molecule has 0 aliphatic rings. The molecule has 2 aromatic rings. The maximum absolute atomic E-state index is 13.6. The van der Waals surface area contributed by atoms with Gasteiger partial charge in [0.2, 0.25) is 5.67 Å². The first kappa shape index (κ1) is 12.5. The molecule has 2 aromatic heterocycles. The third-order valence-electron chi connectivity index (χ3n) is 2.56. The van der Waals surface area contributed by atoms with Crippen molar-refractivity contribution in [2.75, 3.05) is 0 Å². The lowest BCUT2D eigenvalue weighted by Crippen LogP contribution is -2.35. The van der Waals surface area contributed by atoms with Crippen LogP contribution in [-0.2, 0) is 5.67 Å². The van der Waals surface area contributed by atoms with Crippen molar-refractivity contribution < 1.29 is 17.6 Å². The highest BCUT2D eigenvalue weighted by Gasteiger charge is 2.53. The van der Waals surface area contributed by atoms with E-state index in [1.54, 1.807) is 12.3 Å². The number of rotatable bonds is 2. The van der Waals surface area contributed by atoms with E-state index in [1.165, 1.54) is 16.9 Å². The van der Waals surface area contributed by atoms with Crippen molar-refractivity contribution in [3.05, 3.63) is 42.4 Å². The van der Waals surface area contributed by atoms with Gasteiger partial charge < -0.3 is 0 Å². The van der Waals surface area contributed by atoms with Crippen LogP contribution in [0.4, 0.5) is 17.6 Å². The topological polar surface area (TPSA) is 30.7 Å². The molecule has 18 heavy (non-hydrogen) atoms. The van der Waals surface area contributed by atoms with Crippen molar-refractivity contribution in [3.8, 4) is 5.82 Å². The molecule has 0 fully saturated rings. The summed E-state index contributed by atoms with van der Waals surface area (Å²) in [6, 6.07) is 3.98. The molecule has 96 valence electrons. The highest BCUT2D eigenvalue weighted by Crippen LogP contribution is 2.41. The molecule has 0 N–H and O–H groups in total. The highest BCUT2D eigenvalue weighted by atomic mass is 19.4. The van der Waals surface area contributed by atoms with E-state index < -0.39 is 17.4 Å². The van der Waals surface area contributed by atoms with Crippen LogP contribution >= 0.6 is 0 Å². The molecule has 0 aromatic carbocycles. The van der Waals surface area contributed by atoms with E-state index in [4.69, 9.17) is 0 Å². The van der Waals surface area contributed by atoms with E-state index in [-0.39, 0.29) is 0 Å². The van der Waals surface area contributed by atoms with Crippen molar-refractivity contribution in [1.82, 2.24) is 14.8 Å². The van der Waals surface area contributed by atoms with Crippen LogP contribution < -0.4 is 0 Å². The van der Waals surface area contributed by atoms with E-state index in [1.807, 2.05) is 0 Å². The summed E-state index contributed by atoms with van der Waals surface area (Å²) in [5.74, 6) is 0.321. The predicted octanol–water partition coefficient (Wildman–Crippen LogP) is 3.01. The van der Waals surface area contributed by atoms with Crippen LogP contribution in [0.3, 0.4) is 0 Å². The third-order valence-corrected chi connectivity index (χ3v) is 2.56. The summed E-state index contributed by atoms with van der Waals surface area (Å²) in [4.78, 5) is 3.76. The Bertz CT molecular complexity index is 514. The molecule has 0 bridgehead atoms. The van der Waals surface area contributed by atoms with Crippen molar-refractivity contribution in [2.45, 2.75) is 18.8 Å². The molecule has 3 nitrogen and oxygen atoms in total. The summed E-state index contributed by atoms with van der Waals surface area (Å²) in [6.45, 7) is 0.470. The normalized spacial score (nSPS) is 15.4. The Morgan fingerprint density at radius 3 is 2.33 bits per heavy atom. The standard InChI is InChI=1S/C11H9F4N3/c1-10(12,11(13,14)15)8-3-4-9(16-7-8)18-6-2-5-17-18/h2-7H,1H3. The lowest BCUT2D eigenvalue weighted by atomic mass is 9.99. The second-order valence-electron chi connectivity index (χ2n) is 3.86. The van der Waals surface area contributed by atoms with Crippen LogP contribution in [-0.4, -0.2) is 20.9 Å². The average Bonchev–Trinajstić information content (AvgIpc) is 2.81. The summed E-state index contributed by atoms with van der Waals surface area (Å²) in [5.41, 5.74) is -3.95. The first-order valence-electron chi connectivity index (χ1n) is 5.04. The number of halogens is 4. The quantitative estimate of drug-likeness (QED) is 0.776. The monoisotopic (exact) mass is 259 g/mol. The molecular formula is C11H9F4N3. The highest BCUT2D eigenvalue weighted by molar-refractivity contribution is 5.28. The number of nitrogens with zero attached hydrogens (tertiary/aromatic N) is 3. The van der Waals surface area contributed by atoms with Crippen molar-refractivity contribution >= 4 is 0 Å². The molecule has 7 heteroatoms. The van der Waals surface area contributed by atoms with Gasteiger partial charge in [0.1, 0.15) is 0 Å². The van der Waals surface area contributed by atoms with E-state index in [2.05, 4.69) is 10.1 Å². The zero-order valence-electron chi connectivity index (χ0n) is 9.32. The van der Waals surface area contributed by atoms with E-state index in [9.17, 15) is 17.6 Å². The molecule has 1 unspecified atom stereocenters. The maximum atomic E-state index is 13.6. The minimum absolute atomic E-state index is 0.321. The zero-order valence-corrected chi connectivity index (χ0v) is 9.32. The summed E-state index contributed by atoms with van der Waals surface area (Å²) in [6.07, 6.45) is -1.02. The molecule has 0 spiro atoms. The molecule has 0 amide bonds. The summed E-state index contributed by atoms with van der Waals surface area (Å²) in [7, 11) is 0. The Labute approximate surface area is 100 Å². The molecule has 2 heterocycles. The fraction of sp³-hybridized carbons (Fsp3) is 0.273. The Hall–Kier alpha value is -1.92. The van der Waals surface area contributed by atoms with Gasteiger partial charge in [0, 0.05) is 24.2 Å². The van der Waals surface area contributed by atoms with Gasteiger partial charge in [-0.25, -0.2) is 14.1 Å². The fourth-order valence-corrected chi connectivity index (χ4v) is 1.37. The molecule has 0 radical (unpaired) electrons. The number of hydrogen-bond acceptors (Lipinski definition) is 2. The van der Waals surface area contributed by atoms with E-state index >= 15 is 0 Å². The summed E-state index contributed by atoms with van der Waals surface area (Å²) < 4.78 is 52.4. The van der Waals surface area contributed by atoms with Gasteiger partial charge in [0.05, 0.1) is 0 Å². The predicted molar refractivity (Wildman–Crippen MR) is 55.9 cm³/mol. The number of pyridine rings is 1. The molecule has 0 saturated carbocycles. The van der Waals surface area contributed by atoms with Gasteiger partial charge in [0.25, 0.3) is 0 Å². The largest absolute Gasteiger partial charge is 0.426 e. The van der Waals surface area contributed by atoms with Gasteiger partial charge in [-0.1, -0.05) is 6.07 Å². The molecule has 1 atom stereocenters. The van der Waals surface area contributed by atoms with Gasteiger partial charge in [-0.05, 0) is 19.1 Å². The minimum Gasteiger partial charge on any atom is -0.237 e. The molecule has 0 aliphatic carbocycles. The Kier molecular flexibility index (Phi) is 2.84. The van der Waals surface area contributed by atoms with Crippen LogP contribution in [0.1, 0.15) is 12.5 Å². The van der Waals surface area contributed by atoms with Crippen molar-refractivity contribution in [2.24, 2.45) is 0 Å². The Morgan fingerprint density at radius 1 is 1.17 bits per heavy atom. The van der Waals surface area contributed by atoms with E-state index in [0.29, 0.717) is 12.7 Å². The lowest BCUT2D eigenvalue weighted by molar-refractivity contribution is -0.228. The van der Waals surface area contributed by atoms with Gasteiger partial charge in [-0.2, -0.15) is 18.3 Å². The summed E-state index contributed by atoms with van der Waals surface area (Å²) in [5, 5.41) is 3.87. The fourth-order valence-electron chi connectivity index (χ4n) is 1.37. The van der Waals surface area contributed by atoms with Gasteiger partial charge in [-0.15, -0.1) is 0 Å². The third kappa shape index (κ3) is 2.07. The van der Waals surface area contributed by atoms with Gasteiger partial charge in [-0.3, -0.25) is 0 Å². The first-order chi connectivity index (χ1) is 8.32. The van der Waals surface area contributed by atoms with Crippen LogP contribution in [0.25, 0.3) is 5.82 Å². The molecule has 0 saturated heterocycles. The Morgan fingerprint density at radius 2 is 1.89 bits per heavy atom. The summed E-state index contributed by atoms with van der Waals surface area (Å²) >= 11 is 0. The Balaban J connectivity index is 2.34. The molecule has 0 aliphatic heterocycles.